The molecular weight excluding hydrogens is 245 g/mol. The molecular formula is C11H15F3N4. The highest BCUT2D eigenvalue weighted by molar-refractivity contribution is 5.43. The average molecular weight is 260 g/mol. The van der Waals surface area contributed by atoms with Crippen LogP contribution in [0.2, 0.25) is 0 Å². The van der Waals surface area contributed by atoms with Gasteiger partial charge in [-0.1, -0.05) is 0 Å². The molecule has 0 radical (unpaired) electrons. The zero-order chi connectivity index (χ0) is 13.3. The molecule has 2 rings (SSSR count). The number of halogens is 3. The molecule has 1 aromatic rings. The third-order valence-electron chi connectivity index (χ3n) is 2.81. The molecule has 0 saturated carbocycles. The van der Waals surface area contributed by atoms with Crippen LogP contribution in [-0.4, -0.2) is 35.1 Å². The van der Waals surface area contributed by atoms with Gasteiger partial charge in [0.2, 0.25) is 5.82 Å². The summed E-state index contributed by atoms with van der Waals surface area (Å²) in [5.41, 5.74) is 0.628. The van der Waals surface area contributed by atoms with E-state index in [1.54, 1.807) is 0 Å². The molecule has 0 aliphatic carbocycles. The molecule has 1 aliphatic heterocycles. The van der Waals surface area contributed by atoms with Gasteiger partial charge in [-0.25, -0.2) is 9.97 Å². The van der Waals surface area contributed by atoms with E-state index < -0.39 is 12.0 Å². The maximum absolute atomic E-state index is 12.3. The Kier molecular flexibility index (Phi) is 3.43. The fraction of sp³-hybridized carbons (Fsp3) is 0.636. The quantitative estimate of drug-likeness (QED) is 0.834. The Morgan fingerprint density at radius 1 is 1.17 bits per heavy atom. The molecule has 100 valence electrons. The standard InChI is InChI=1S/C11H15F3N4/c1-7-5-18(6-8(2)17-7)9-3-15-10(16-4-9)11(12,13)14/h3-4,7-8,17H,5-6H2,1-2H3/t7-,8+. The lowest BCUT2D eigenvalue weighted by molar-refractivity contribution is -0.144. The number of anilines is 1. The number of alkyl halides is 3. The minimum atomic E-state index is -4.48. The average Bonchev–Trinajstić information content (AvgIpc) is 2.27. The molecule has 4 nitrogen and oxygen atoms in total. The molecule has 2 heterocycles. The van der Waals surface area contributed by atoms with Gasteiger partial charge in [0.1, 0.15) is 0 Å². The predicted octanol–water partition coefficient (Wildman–Crippen LogP) is 1.68. The third-order valence-corrected chi connectivity index (χ3v) is 2.81. The molecule has 0 bridgehead atoms. The van der Waals surface area contributed by atoms with E-state index in [9.17, 15) is 13.2 Å². The number of piperazine rings is 1. The van der Waals surface area contributed by atoms with Crippen molar-refractivity contribution in [1.82, 2.24) is 15.3 Å². The summed E-state index contributed by atoms with van der Waals surface area (Å²) in [5.74, 6) is -1.09. The second-order valence-electron chi connectivity index (χ2n) is 4.64. The van der Waals surface area contributed by atoms with Crippen LogP contribution < -0.4 is 10.2 Å². The maximum Gasteiger partial charge on any atom is 0.451 e. The van der Waals surface area contributed by atoms with Gasteiger partial charge in [0.15, 0.2) is 0 Å². The van der Waals surface area contributed by atoms with Gasteiger partial charge in [-0.15, -0.1) is 0 Å². The summed E-state index contributed by atoms with van der Waals surface area (Å²) in [6, 6.07) is 0.576. The summed E-state index contributed by atoms with van der Waals surface area (Å²) >= 11 is 0. The topological polar surface area (TPSA) is 41.1 Å². The first-order chi connectivity index (χ1) is 8.36. The molecule has 1 saturated heterocycles. The van der Waals surface area contributed by atoms with Gasteiger partial charge in [-0.3, -0.25) is 0 Å². The van der Waals surface area contributed by atoms with E-state index in [4.69, 9.17) is 0 Å². The van der Waals surface area contributed by atoms with Gasteiger partial charge < -0.3 is 10.2 Å². The summed E-state index contributed by atoms with van der Waals surface area (Å²) < 4.78 is 37.0. The molecule has 0 aromatic carbocycles. The molecule has 18 heavy (non-hydrogen) atoms. The zero-order valence-corrected chi connectivity index (χ0v) is 10.2. The molecule has 7 heteroatoms. The van der Waals surface area contributed by atoms with Gasteiger partial charge >= 0.3 is 6.18 Å². The van der Waals surface area contributed by atoms with Crippen LogP contribution in [-0.2, 0) is 6.18 Å². The highest BCUT2D eigenvalue weighted by atomic mass is 19.4. The molecule has 1 aromatic heterocycles. The van der Waals surface area contributed by atoms with E-state index in [1.807, 2.05) is 18.7 Å². The lowest BCUT2D eigenvalue weighted by Crippen LogP contribution is -2.54. The van der Waals surface area contributed by atoms with Crippen molar-refractivity contribution in [3.63, 3.8) is 0 Å². The first-order valence-corrected chi connectivity index (χ1v) is 5.76. The van der Waals surface area contributed by atoms with Crippen LogP contribution in [0.15, 0.2) is 12.4 Å². The molecule has 1 aliphatic rings. The molecule has 2 atom stereocenters. The van der Waals surface area contributed by atoms with Crippen LogP contribution in [0.4, 0.5) is 18.9 Å². The van der Waals surface area contributed by atoms with Crippen LogP contribution in [0.1, 0.15) is 19.7 Å². The van der Waals surface area contributed by atoms with Gasteiger partial charge in [0, 0.05) is 25.2 Å². The zero-order valence-electron chi connectivity index (χ0n) is 10.2. The van der Waals surface area contributed by atoms with Crippen molar-refractivity contribution in [3.05, 3.63) is 18.2 Å². The fourth-order valence-electron chi connectivity index (χ4n) is 2.17. The SMILES string of the molecule is C[C@@H]1CN(c2cnc(C(F)(F)F)nc2)C[C@H](C)N1. The van der Waals surface area contributed by atoms with Crippen LogP contribution in [0.3, 0.4) is 0 Å². The third kappa shape index (κ3) is 2.90. The second-order valence-corrected chi connectivity index (χ2v) is 4.64. The van der Waals surface area contributed by atoms with Crippen molar-refractivity contribution in [2.24, 2.45) is 0 Å². The molecule has 0 unspecified atom stereocenters. The maximum atomic E-state index is 12.3. The summed E-state index contributed by atoms with van der Waals surface area (Å²) in [6.07, 6.45) is -2.01. The monoisotopic (exact) mass is 260 g/mol. The second kappa shape index (κ2) is 4.72. The van der Waals surface area contributed by atoms with E-state index in [1.165, 1.54) is 12.4 Å². The van der Waals surface area contributed by atoms with E-state index in [0.717, 1.165) is 13.1 Å². The summed E-state index contributed by atoms with van der Waals surface area (Å²) in [6.45, 7) is 5.54. The Labute approximate surface area is 103 Å². The lowest BCUT2D eigenvalue weighted by Gasteiger charge is -2.37. The van der Waals surface area contributed by atoms with E-state index in [0.29, 0.717) is 5.69 Å². The first-order valence-electron chi connectivity index (χ1n) is 5.76. The largest absolute Gasteiger partial charge is 0.451 e. The van der Waals surface area contributed by atoms with Crippen molar-refractivity contribution in [3.8, 4) is 0 Å². The highest BCUT2D eigenvalue weighted by Crippen LogP contribution is 2.26. The first kappa shape index (κ1) is 13.1. The fourth-order valence-corrected chi connectivity index (χ4v) is 2.17. The Balaban J connectivity index is 2.14. The van der Waals surface area contributed by atoms with Crippen molar-refractivity contribution in [2.75, 3.05) is 18.0 Å². The van der Waals surface area contributed by atoms with Gasteiger partial charge in [0.05, 0.1) is 18.1 Å². The van der Waals surface area contributed by atoms with Crippen molar-refractivity contribution in [1.29, 1.82) is 0 Å². The normalized spacial score (nSPS) is 25.3. The number of aromatic nitrogens is 2. The van der Waals surface area contributed by atoms with Crippen molar-refractivity contribution in [2.45, 2.75) is 32.1 Å². The van der Waals surface area contributed by atoms with E-state index in [-0.39, 0.29) is 12.1 Å². The van der Waals surface area contributed by atoms with Gasteiger partial charge in [0.25, 0.3) is 0 Å². The number of nitrogens with one attached hydrogen (secondary N) is 1. The number of hydrogen-bond donors (Lipinski definition) is 1. The summed E-state index contributed by atoms with van der Waals surface area (Å²) in [7, 11) is 0. The smallest absolute Gasteiger partial charge is 0.366 e. The number of rotatable bonds is 1. The van der Waals surface area contributed by atoms with Crippen molar-refractivity contribution >= 4 is 5.69 Å². The van der Waals surface area contributed by atoms with Crippen LogP contribution in [0.25, 0.3) is 0 Å². The molecule has 0 spiro atoms. The molecule has 1 fully saturated rings. The van der Waals surface area contributed by atoms with Crippen LogP contribution in [0.5, 0.6) is 0 Å². The predicted molar refractivity (Wildman–Crippen MR) is 61.3 cm³/mol. The van der Waals surface area contributed by atoms with Crippen LogP contribution in [0, 0.1) is 0 Å². The van der Waals surface area contributed by atoms with Crippen LogP contribution >= 0.6 is 0 Å². The minimum absolute atomic E-state index is 0.288. The Morgan fingerprint density at radius 3 is 2.11 bits per heavy atom. The Bertz CT molecular complexity index is 394. The minimum Gasteiger partial charge on any atom is -0.366 e. The van der Waals surface area contributed by atoms with Gasteiger partial charge in [-0.05, 0) is 13.8 Å². The number of hydrogen-bond acceptors (Lipinski definition) is 4. The number of nitrogens with zero attached hydrogens (tertiary/aromatic N) is 3. The molecule has 0 amide bonds. The Morgan fingerprint density at radius 2 is 1.67 bits per heavy atom. The lowest BCUT2D eigenvalue weighted by atomic mass is 10.1. The molecule has 1 N–H and O–H groups in total. The van der Waals surface area contributed by atoms with E-state index >= 15 is 0 Å². The highest BCUT2D eigenvalue weighted by Gasteiger charge is 2.34. The van der Waals surface area contributed by atoms with Gasteiger partial charge in [-0.2, -0.15) is 13.2 Å². The summed E-state index contributed by atoms with van der Waals surface area (Å²) in [5, 5.41) is 3.35. The Hall–Kier alpha value is -1.37. The van der Waals surface area contributed by atoms with E-state index in [2.05, 4.69) is 15.3 Å². The van der Waals surface area contributed by atoms with Crippen molar-refractivity contribution < 1.29 is 13.2 Å². The summed E-state index contributed by atoms with van der Waals surface area (Å²) in [4.78, 5) is 8.75.